The van der Waals surface area contributed by atoms with E-state index in [9.17, 15) is 0 Å². The van der Waals surface area contributed by atoms with E-state index in [-0.39, 0.29) is 0 Å². The first kappa shape index (κ1) is 28.2. The van der Waals surface area contributed by atoms with E-state index in [4.69, 9.17) is 4.42 Å². The van der Waals surface area contributed by atoms with Gasteiger partial charge in [0.25, 0.3) is 0 Å². The smallest absolute Gasteiger partial charge is 0.143 e. The molecule has 0 saturated heterocycles. The van der Waals surface area contributed by atoms with Gasteiger partial charge < -0.3 is 4.42 Å². The molecule has 0 atom stereocenters. The molecule has 0 spiro atoms. The second-order valence-electron chi connectivity index (χ2n) is 13.6. The van der Waals surface area contributed by atoms with E-state index in [0.29, 0.717) is 0 Å². The second kappa shape index (κ2) is 10.9. The van der Waals surface area contributed by atoms with Crippen molar-refractivity contribution < 1.29 is 4.42 Å². The van der Waals surface area contributed by atoms with Crippen LogP contribution in [0.3, 0.4) is 0 Å². The van der Waals surface area contributed by atoms with Crippen LogP contribution in [0.1, 0.15) is 0 Å². The first-order valence-electron chi connectivity index (χ1n) is 17.6. The zero-order valence-corrected chi connectivity index (χ0v) is 27.7. The zero-order valence-electron chi connectivity index (χ0n) is 27.7. The van der Waals surface area contributed by atoms with Crippen molar-refractivity contribution in [1.82, 2.24) is 0 Å². The molecule has 0 amide bonds. The Bertz CT molecular complexity index is 3110. The van der Waals surface area contributed by atoms with Crippen LogP contribution in [0.5, 0.6) is 0 Å². The van der Waals surface area contributed by atoms with Crippen molar-refractivity contribution in [3.8, 4) is 44.5 Å². The molecular weight excluding hydrogens is 617 g/mol. The molecular formula is C50H30O. The zero-order chi connectivity index (χ0) is 33.5. The van der Waals surface area contributed by atoms with Crippen LogP contribution in [-0.2, 0) is 0 Å². The van der Waals surface area contributed by atoms with Gasteiger partial charge in [0.1, 0.15) is 11.2 Å². The van der Waals surface area contributed by atoms with Crippen molar-refractivity contribution in [1.29, 1.82) is 0 Å². The molecule has 0 bridgehead atoms. The fourth-order valence-electron chi connectivity index (χ4n) is 8.59. The third-order valence-corrected chi connectivity index (χ3v) is 10.8. The average Bonchev–Trinajstić information content (AvgIpc) is 3.59. The summed E-state index contributed by atoms with van der Waals surface area (Å²) in [5.74, 6) is 0. The minimum absolute atomic E-state index is 0.893. The number of para-hydroxylation sites is 1. The van der Waals surface area contributed by atoms with E-state index in [2.05, 4.69) is 182 Å². The van der Waals surface area contributed by atoms with Crippen molar-refractivity contribution in [3.63, 3.8) is 0 Å². The maximum absolute atomic E-state index is 6.93. The second-order valence-corrected chi connectivity index (χ2v) is 13.6. The van der Waals surface area contributed by atoms with E-state index in [0.717, 1.165) is 27.5 Å². The highest BCUT2D eigenvalue weighted by molar-refractivity contribution is 6.30. The number of furan rings is 1. The molecule has 10 aromatic carbocycles. The molecule has 236 valence electrons. The van der Waals surface area contributed by atoms with Gasteiger partial charge in [-0.3, -0.25) is 0 Å². The van der Waals surface area contributed by atoms with Gasteiger partial charge in [-0.1, -0.05) is 176 Å². The molecule has 0 aliphatic rings. The fourth-order valence-corrected chi connectivity index (χ4v) is 8.59. The Morgan fingerprint density at radius 3 is 1.59 bits per heavy atom. The molecule has 0 aliphatic carbocycles. The number of fused-ring (bicyclic) bond motifs is 4. The van der Waals surface area contributed by atoms with E-state index < -0.39 is 0 Å². The van der Waals surface area contributed by atoms with Gasteiger partial charge in [0.15, 0.2) is 0 Å². The van der Waals surface area contributed by atoms with Gasteiger partial charge in [-0.25, -0.2) is 0 Å². The molecule has 1 nitrogen and oxygen atoms in total. The minimum Gasteiger partial charge on any atom is -0.455 e. The van der Waals surface area contributed by atoms with Gasteiger partial charge in [0.05, 0.1) is 0 Å². The van der Waals surface area contributed by atoms with Crippen LogP contribution in [0, 0.1) is 0 Å². The molecule has 0 saturated carbocycles. The third-order valence-electron chi connectivity index (χ3n) is 10.8. The molecule has 1 heterocycles. The SMILES string of the molecule is c1ccc(-c2ccc3oc4c(-c5cccc6ccccc56)cccc4c3c2-c2ccc3ccc4c(-c5ccccc5)ccc5ccc2c3c54)cc1. The Morgan fingerprint density at radius 1 is 0.275 bits per heavy atom. The molecule has 51 heavy (non-hydrogen) atoms. The van der Waals surface area contributed by atoms with Crippen LogP contribution in [0.25, 0.3) is 110 Å². The molecule has 1 aromatic heterocycles. The van der Waals surface area contributed by atoms with Gasteiger partial charge >= 0.3 is 0 Å². The first-order valence-corrected chi connectivity index (χ1v) is 17.6. The Balaban J connectivity index is 1.26. The summed E-state index contributed by atoms with van der Waals surface area (Å²) in [6.45, 7) is 0. The van der Waals surface area contributed by atoms with E-state index >= 15 is 0 Å². The molecule has 11 aromatic rings. The van der Waals surface area contributed by atoms with Gasteiger partial charge in [-0.2, -0.15) is 0 Å². The van der Waals surface area contributed by atoms with Gasteiger partial charge in [-0.15, -0.1) is 0 Å². The number of rotatable bonds is 4. The predicted molar refractivity (Wildman–Crippen MR) is 217 cm³/mol. The standard InChI is InChI=1S/C50H30O/c1-3-11-31(12-4-1)37-25-21-34-23-27-41-42(28-24-35-22-26-40(37)46(34)47(35)41)48-38(33-13-5-2-6-14-33)29-30-45-49(48)44-20-10-19-43(50(44)51-45)39-18-9-16-32-15-7-8-17-36(32)39/h1-30H. The summed E-state index contributed by atoms with van der Waals surface area (Å²) >= 11 is 0. The largest absolute Gasteiger partial charge is 0.455 e. The Hall–Kier alpha value is -6.70. The highest BCUT2D eigenvalue weighted by Crippen LogP contribution is 2.49. The third kappa shape index (κ3) is 4.16. The fraction of sp³-hybridized carbons (Fsp3) is 0. The van der Waals surface area contributed by atoms with E-state index in [1.807, 2.05) is 0 Å². The normalized spacial score (nSPS) is 11.9. The molecule has 0 N–H and O–H groups in total. The summed E-state index contributed by atoms with van der Waals surface area (Å²) in [5.41, 5.74) is 11.4. The van der Waals surface area contributed by atoms with Crippen LogP contribution in [0.2, 0.25) is 0 Å². The summed E-state index contributed by atoms with van der Waals surface area (Å²) in [6, 6.07) is 66.1. The van der Waals surface area contributed by atoms with Gasteiger partial charge in [0, 0.05) is 21.9 Å². The molecule has 0 unspecified atom stereocenters. The van der Waals surface area contributed by atoms with Crippen molar-refractivity contribution in [2.45, 2.75) is 0 Å². The summed E-state index contributed by atoms with van der Waals surface area (Å²) < 4.78 is 6.93. The summed E-state index contributed by atoms with van der Waals surface area (Å²) in [4.78, 5) is 0. The summed E-state index contributed by atoms with van der Waals surface area (Å²) in [5, 5.41) is 12.4. The van der Waals surface area contributed by atoms with Crippen LogP contribution < -0.4 is 0 Å². The Labute approximate surface area is 295 Å². The lowest BCUT2D eigenvalue weighted by Crippen LogP contribution is -1.92. The van der Waals surface area contributed by atoms with Gasteiger partial charge in [0.2, 0.25) is 0 Å². The Kier molecular flexibility index (Phi) is 6.02. The van der Waals surface area contributed by atoms with Crippen LogP contribution in [0.15, 0.2) is 186 Å². The molecule has 0 fully saturated rings. The van der Waals surface area contributed by atoms with Crippen LogP contribution >= 0.6 is 0 Å². The molecule has 1 heteroatoms. The number of hydrogen-bond acceptors (Lipinski definition) is 1. The van der Waals surface area contributed by atoms with E-state index in [1.54, 1.807) is 0 Å². The number of hydrogen-bond donors (Lipinski definition) is 0. The van der Waals surface area contributed by atoms with Crippen molar-refractivity contribution in [2.75, 3.05) is 0 Å². The van der Waals surface area contributed by atoms with Crippen molar-refractivity contribution >= 4 is 65.0 Å². The average molecular weight is 647 g/mol. The highest BCUT2D eigenvalue weighted by atomic mass is 16.3. The maximum Gasteiger partial charge on any atom is 0.143 e. The monoisotopic (exact) mass is 646 g/mol. The lowest BCUT2D eigenvalue weighted by atomic mass is 9.84. The minimum atomic E-state index is 0.893. The van der Waals surface area contributed by atoms with E-state index in [1.165, 1.54) is 82.0 Å². The first-order chi connectivity index (χ1) is 25.3. The lowest BCUT2D eigenvalue weighted by molar-refractivity contribution is 0.670. The molecule has 0 radical (unpaired) electrons. The predicted octanol–water partition coefficient (Wildman–Crippen LogP) is 14.3. The number of benzene rings is 10. The lowest BCUT2D eigenvalue weighted by Gasteiger charge is -2.18. The maximum atomic E-state index is 6.93. The van der Waals surface area contributed by atoms with Gasteiger partial charge in [-0.05, 0) is 82.5 Å². The summed E-state index contributed by atoms with van der Waals surface area (Å²) in [6.07, 6.45) is 0. The van der Waals surface area contributed by atoms with Crippen molar-refractivity contribution in [3.05, 3.63) is 182 Å². The molecule has 0 aliphatic heterocycles. The Morgan fingerprint density at radius 2 is 0.824 bits per heavy atom. The van der Waals surface area contributed by atoms with Crippen molar-refractivity contribution in [2.24, 2.45) is 0 Å². The van der Waals surface area contributed by atoms with Crippen LogP contribution in [-0.4, -0.2) is 0 Å². The quantitative estimate of drug-likeness (QED) is 0.173. The topological polar surface area (TPSA) is 13.1 Å². The molecule has 11 rings (SSSR count). The summed E-state index contributed by atoms with van der Waals surface area (Å²) in [7, 11) is 0. The highest BCUT2D eigenvalue weighted by Gasteiger charge is 2.23. The van der Waals surface area contributed by atoms with Crippen LogP contribution in [0.4, 0.5) is 0 Å².